The van der Waals surface area contributed by atoms with Gasteiger partial charge in [0.05, 0.1) is 19.7 Å². The number of alkyl carbamates (subject to hydrolysis) is 1. The van der Waals surface area contributed by atoms with E-state index < -0.39 is 29.7 Å². The van der Waals surface area contributed by atoms with Crippen LogP contribution in [-0.2, 0) is 25.6 Å². The number of ketones is 1. The van der Waals surface area contributed by atoms with Crippen LogP contribution in [0.5, 0.6) is 0 Å². The van der Waals surface area contributed by atoms with Crippen LogP contribution in [0.3, 0.4) is 0 Å². The summed E-state index contributed by atoms with van der Waals surface area (Å²) >= 11 is 0. The zero-order valence-electron chi connectivity index (χ0n) is 18.8. The average Bonchev–Trinajstić information content (AvgIpc) is 2.64. The fraction of sp³-hybridized carbons (Fsp3) is 0.591. The minimum atomic E-state index is -0.889. The minimum absolute atomic E-state index is 0.0307. The molecule has 30 heavy (non-hydrogen) atoms. The Morgan fingerprint density at radius 3 is 2.17 bits per heavy atom. The number of amides is 2. The van der Waals surface area contributed by atoms with Gasteiger partial charge >= 0.3 is 6.09 Å². The van der Waals surface area contributed by atoms with E-state index in [2.05, 4.69) is 16.1 Å². The van der Waals surface area contributed by atoms with Crippen molar-refractivity contribution in [1.82, 2.24) is 16.1 Å². The Kier molecular flexibility index (Phi) is 10.5. The van der Waals surface area contributed by atoms with Gasteiger partial charge in [0.2, 0.25) is 5.91 Å². The molecule has 1 aromatic rings. The van der Waals surface area contributed by atoms with E-state index in [4.69, 9.17) is 9.57 Å². The molecule has 0 fully saturated rings. The maximum atomic E-state index is 13.0. The van der Waals surface area contributed by atoms with Crippen LogP contribution in [0, 0.1) is 5.92 Å². The summed E-state index contributed by atoms with van der Waals surface area (Å²) in [6.07, 6.45) is 0.0528. The molecule has 2 amide bonds. The average molecular weight is 422 g/mol. The van der Waals surface area contributed by atoms with E-state index in [1.807, 2.05) is 44.2 Å². The van der Waals surface area contributed by atoms with Crippen molar-refractivity contribution in [1.29, 1.82) is 0 Å². The second-order valence-electron chi connectivity index (χ2n) is 8.57. The lowest BCUT2D eigenvalue weighted by atomic mass is 9.99. The molecule has 0 unspecified atom stereocenters. The van der Waals surface area contributed by atoms with Gasteiger partial charge in [-0.2, -0.15) is 5.48 Å². The molecule has 3 N–H and O–H groups in total. The summed E-state index contributed by atoms with van der Waals surface area (Å²) in [5, 5.41) is 5.43. The molecule has 1 rings (SSSR count). The molecule has 0 heterocycles. The van der Waals surface area contributed by atoms with Gasteiger partial charge in [-0.05, 0) is 38.7 Å². The summed E-state index contributed by atoms with van der Waals surface area (Å²) in [7, 11) is 1.42. The van der Waals surface area contributed by atoms with E-state index in [9.17, 15) is 14.4 Å². The van der Waals surface area contributed by atoms with Crippen molar-refractivity contribution in [3.63, 3.8) is 0 Å². The maximum Gasteiger partial charge on any atom is 0.408 e. The molecule has 2 atom stereocenters. The first-order valence-corrected chi connectivity index (χ1v) is 10.1. The van der Waals surface area contributed by atoms with Crippen LogP contribution in [0.4, 0.5) is 4.79 Å². The lowest BCUT2D eigenvalue weighted by Crippen LogP contribution is -2.54. The molecule has 0 saturated heterocycles. The van der Waals surface area contributed by atoms with Crippen molar-refractivity contribution >= 4 is 17.8 Å². The Morgan fingerprint density at radius 2 is 1.63 bits per heavy atom. The number of nitrogens with one attached hydrogen (secondary N) is 3. The predicted octanol–water partition coefficient (Wildman–Crippen LogP) is 2.37. The van der Waals surface area contributed by atoms with Gasteiger partial charge in [0.15, 0.2) is 5.78 Å². The van der Waals surface area contributed by atoms with Gasteiger partial charge in [0.1, 0.15) is 11.6 Å². The number of Topliss-reactive ketones (excluding diaryl/α,β-unsaturated/α-hetero) is 1. The topological polar surface area (TPSA) is 106 Å². The second kappa shape index (κ2) is 12.3. The Hall–Kier alpha value is -2.45. The molecule has 0 aliphatic rings. The van der Waals surface area contributed by atoms with Crippen LogP contribution in [0.15, 0.2) is 30.3 Å². The van der Waals surface area contributed by atoms with Gasteiger partial charge in [0, 0.05) is 6.42 Å². The molecule has 0 saturated carbocycles. The van der Waals surface area contributed by atoms with Crippen molar-refractivity contribution in [3.05, 3.63) is 35.9 Å². The summed E-state index contributed by atoms with van der Waals surface area (Å²) in [5.41, 5.74) is 2.69. The van der Waals surface area contributed by atoms with Crippen molar-refractivity contribution in [2.75, 3.05) is 13.7 Å². The highest BCUT2D eigenvalue weighted by Gasteiger charge is 2.28. The summed E-state index contributed by atoms with van der Waals surface area (Å²) < 4.78 is 5.30. The number of hydrogen-bond acceptors (Lipinski definition) is 6. The number of hydroxylamine groups is 1. The molecule has 0 bridgehead atoms. The van der Waals surface area contributed by atoms with Gasteiger partial charge in [-0.1, -0.05) is 44.2 Å². The third kappa shape index (κ3) is 10.4. The number of hydrogen-bond donors (Lipinski definition) is 3. The Labute approximate surface area is 179 Å². The van der Waals surface area contributed by atoms with Gasteiger partial charge in [-0.25, -0.2) is 4.79 Å². The normalized spacial score (nSPS) is 13.4. The van der Waals surface area contributed by atoms with Crippen molar-refractivity contribution in [3.8, 4) is 0 Å². The van der Waals surface area contributed by atoms with Crippen molar-refractivity contribution in [2.45, 2.75) is 65.1 Å². The van der Waals surface area contributed by atoms with Gasteiger partial charge < -0.3 is 20.2 Å². The third-order valence-electron chi connectivity index (χ3n) is 4.09. The van der Waals surface area contributed by atoms with Crippen LogP contribution >= 0.6 is 0 Å². The largest absolute Gasteiger partial charge is 0.444 e. The zero-order chi connectivity index (χ0) is 22.7. The molecule has 0 radical (unpaired) electrons. The summed E-state index contributed by atoms with van der Waals surface area (Å²) in [5.74, 6) is -0.455. The highest BCUT2D eigenvalue weighted by Crippen LogP contribution is 2.10. The van der Waals surface area contributed by atoms with E-state index in [0.29, 0.717) is 6.42 Å². The zero-order valence-corrected chi connectivity index (χ0v) is 18.8. The first-order chi connectivity index (χ1) is 14.0. The summed E-state index contributed by atoms with van der Waals surface area (Å²) in [4.78, 5) is 42.6. The molecule has 0 aliphatic carbocycles. The Balaban J connectivity index is 2.96. The van der Waals surface area contributed by atoms with Crippen LogP contribution in [0.2, 0.25) is 0 Å². The number of rotatable bonds is 11. The minimum Gasteiger partial charge on any atom is -0.444 e. The van der Waals surface area contributed by atoms with Gasteiger partial charge in [-0.15, -0.1) is 0 Å². The first-order valence-electron chi connectivity index (χ1n) is 10.1. The number of ether oxygens (including phenoxy) is 1. The number of carbonyl (C=O) groups is 3. The molecule has 0 aromatic heterocycles. The van der Waals surface area contributed by atoms with Crippen LogP contribution in [0.1, 0.15) is 46.6 Å². The fourth-order valence-corrected chi connectivity index (χ4v) is 2.79. The monoisotopic (exact) mass is 421 g/mol. The molecule has 8 heteroatoms. The molecule has 1 aromatic carbocycles. The highest BCUT2D eigenvalue weighted by molar-refractivity contribution is 5.93. The SMILES string of the molecule is CONCC(=O)[C@H](CC(C)C)NC(=O)[C@H](Cc1ccccc1)NC(=O)OC(C)(C)C. The van der Waals surface area contributed by atoms with E-state index in [1.165, 1.54) is 7.11 Å². The third-order valence-corrected chi connectivity index (χ3v) is 4.09. The first kappa shape index (κ1) is 25.6. The second-order valence-corrected chi connectivity index (χ2v) is 8.57. The molecular weight excluding hydrogens is 386 g/mol. The van der Waals surface area contributed by atoms with Crippen LogP contribution in [0.25, 0.3) is 0 Å². The van der Waals surface area contributed by atoms with Crippen molar-refractivity contribution in [2.24, 2.45) is 5.92 Å². The van der Waals surface area contributed by atoms with E-state index in [-0.39, 0.29) is 24.7 Å². The summed E-state index contributed by atoms with van der Waals surface area (Å²) in [6.45, 7) is 9.15. The Morgan fingerprint density at radius 1 is 1.00 bits per heavy atom. The smallest absolute Gasteiger partial charge is 0.408 e. The number of carbonyl (C=O) groups excluding carboxylic acids is 3. The standard InChI is InChI=1S/C22H35N3O5/c1-15(2)12-17(19(26)14-23-29-6)24-20(27)18(13-16-10-8-7-9-11-16)25-21(28)30-22(3,4)5/h7-11,15,17-18,23H,12-14H2,1-6H3,(H,24,27)(H,25,28)/t17-,18-/m0/s1. The molecule has 0 aliphatic heterocycles. The lowest BCUT2D eigenvalue weighted by Gasteiger charge is -2.26. The lowest BCUT2D eigenvalue weighted by molar-refractivity contribution is -0.129. The van der Waals surface area contributed by atoms with Crippen molar-refractivity contribution < 1.29 is 24.0 Å². The van der Waals surface area contributed by atoms with E-state index >= 15 is 0 Å². The maximum absolute atomic E-state index is 13.0. The van der Waals surface area contributed by atoms with E-state index in [0.717, 1.165) is 5.56 Å². The van der Waals surface area contributed by atoms with Crippen LogP contribution < -0.4 is 16.1 Å². The molecule has 168 valence electrons. The summed E-state index contributed by atoms with van der Waals surface area (Å²) in [6, 6.07) is 7.75. The fourth-order valence-electron chi connectivity index (χ4n) is 2.79. The predicted molar refractivity (Wildman–Crippen MR) is 115 cm³/mol. The van der Waals surface area contributed by atoms with Gasteiger partial charge in [-0.3, -0.25) is 9.59 Å². The molecule has 0 spiro atoms. The number of benzene rings is 1. The van der Waals surface area contributed by atoms with E-state index in [1.54, 1.807) is 20.8 Å². The quantitative estimate of drug-likeness (QED) is 0.474. The molecule has 8 nitrogen and oxygen atoms in total. The van der Waals surface area contributed by atoms with Crippen LogP contribution in [-0.4, -0.2) is 49.1 Å². The van der Waals surface area contributed by atoms with Gasteiger partial charge in [0.25, 0.3) is 0 Å². The molecular formula is C22H35N3O5. The highest BCUT2D eigenvalue weighted by atomic mass is 16.6. The Bertz CT molecular complexity index is 686.